The molecule has 0 saturated carbocycles. The molecule has 4 rings (SSSR count). The summed E-state index contributed by atoms with van der Waals surface area (Å²) in [5.41, 5.74) is 2.18. The number of piperidine rings is 1. The van der Waals surface area contributed by atoms with Gasteiger partial charge in [-0.1, -0.05) is 12.1 Å². The predicted octanol–water partition coefficient (Wildman–Crippen LogP) is 1.53. The molecule has 2 fully saturated rings. The third-order valence-corrected chi connectivity index (χ3v) is 5.72. The molecule has 4 amide bonds. The molecular formula is C20H25N5O3. The van der Waals surface area contributed by atoms with Crippen LogP contribution in [0.4, 0.5) is 4.79 Å². The number of para-hydroxylation sites is 2. The smallest absolute Gasteiger partial charge is 0.324 e. The molecule has 0 atom stereocenters. The second-order valence-corrected chi connectivity index (χ2v) is 7.61. The van der Waals surface area contributed by atoms with Crippen LogP contribution in [0.2, 0.25) is 0 Å². The summed E-state index contributed by atoms with van der Waals surface area (Å²) in [6, 6.07) is 7.70. The molecule has 8 heteroatoms. The number of aryl methyl sites for hydroxylation is 1. The molecular weight excluding hydrogens is 358 g/mol. The van der Waals surface area contributed by atoms with Crippen molar-refractivity contribution >= 4 is 28.9 Å². The number of nitrogens with one attached hydrogen (secondary N) is 1. The number of likely N-dealkylation sites (tertiary alicyclic amines) is 1. The van der Waals surface area contributed by atoms with Gasteiger partial charge in [0.1, 0.15) is 12.4 Å². The molecule has 3 heterocycles. The minimum absolute atomic E-state index is 0.0368. The third-order valence-electron chi connectivity index (χ3n) is 5.72. The lowest BCUT2D eigenvalue weighted by Gasteiger charge is -2.34. The summed E-state index contributed by atoms with van der Waals surface area (Å²) in [4.78, 5) is 43.5. The van der Waals surface area contributed by atoms with Gasteiger partial charge in [0.25, 0.3) is 0 Å². The van der Waals surface area contributed by atoms with Gasteiger partial charge in [-0.3, -0.25) is 14.9 Å². The summed E-state index contributed by atoms with van der Waals surface area (Å²) in [7, 11) is 0. The summed E-state index contributed by atoms with van der Waals surface area (Å²) in [6.45, 7) is 4.68. The van der Waals surface area contributed by atoms with E-state index >= 15 is 0 Å². The van der Waals surface area contributed by atoms with Crippen LogP contribution in [0, 0.1) is 12.8 Å². The number of imide groups is 1. The number of benzene rings is 1. The maximum absolute atomic E-state index is 12.6. The van der Waals surface area contributed by atoms with E-state index < -0.39 is 6.03 Å². The number of fused-ring (bicyclic) bond motifs is 1. The highest BCUT2D eigenvalue weighted by molar-refractivity contribution is 5.98. The minimum Gasteiger partial charge on any atom is -0.341 e. The van der Waals surface area contributed by atoms with Crippen LogP contribution in [0.3, 0.4) is 0 Å². The van der Waals surface area contributed by atoms with E-state index in [1.807, 2.05) is 30.0 Å². The maximum atomic E-state index is 12.6. The average molecular weight is 383 g/mol. The first-order chi connectivity index (χ1) is 13.5. The SMILES string of the molecule is Cc1nc2ccccc2n1CC1CCN(C(=O)CN2CCC(=O)NC2=O)CC1. The Morgan fingerprint density at radius 1 is 1.18 bits per heavy atom. The molecule has 0 unspecified atom stereocenters. The second kappa shape index (κ2) is 7.61. The van der Waals surface area contributed by atoms with E-state index in [2.05, 4.69) is 20.9 Å². The average Bonchev–Trinajstić information content (AvgIpc) is 3.00. The quantitative estimate of drug-likeness (QED) is 0.867. The van der Waals surface area contributed by atoms with Crippen molar-refractivity contribution in [1.82, 2.24) is 24.7 Å². The Balaban J connectivity index is 1.32. The Morgan fingerprint density at radius 3 is 2.68 bits per heavy atom. The van der Waals surface area contributed by atoms with Crippen molar-refractivity contribution in [2.45, 2.75) is 32.7 Å². The number of urea groups is 1. The summed E-state index contributed by atoms with van der Waals surface area (Å²) in [5.74, 6) is 1.19. The number of imidazole rings is 1. The Bertz CT molecular complexity index is 914. The number of nitrogens with zero attached hydrogens (tertiary/aromatic N) is 4. The van der Waals surface area contributed by atoms with E-state index in [0.717, 1.165) is 36.2 Å². The van der Waals surface area contributed by atoms with Gasteiger partial charge >= 0.3 is 6.03 Å². The first kappa shape index (κ1) is 18.5. The highest BCUT2D eigenvalue weighted by Gasteiger charge is 2.29. The summed E-state index contributed by atoms with van der Waals surface area (Å²) in [5, 5.41) is 2.26. The fourth-order valence-corrected chi connectivity index (χ4v) is 4.06. The zero-order chi connectivity index (χ0) is 19.7. The van der Waals surface area contributed by atoms with Crippen LogP contribution in [0.1, 0.15) is 25.1 Å². The van der Waals surface area contributed by atoms with Gasteiger partial charge in [-0.05, 0) is 37.8 Å². The lowest BCUT2D eigenvalue weighted by atomic mass is 9.96. The van der Waals surface area contributed by atoms with Gasteiger partial charge in [-0.25, -0.2) is 9.78 Å². The van der Waals surface area contributed by atoms with Crippen LogP contribution in [0.25, 0.3) is 11.0 Å². The molecule has 2 aliphatic rings. The van der Waals surface area contributed by atoms with E-state index in [0.29, 0.717) is 25.6 Å². The first-order valence-electron chi connectivity index (χ1n) is 9.79. The van der Waals surface area contributed by atoms with Crippen molar-refractivity contribution in [2.75, 3.05) is 26.2 Å². The van der Waals surface area contributed by atoms with E-state index in [9.17, 15) is 14.4 Å². The van der Waals surface area contributed by atoms with Gasteiger partial charge in [-0.2, -0.15) is 0 Å². The van der Waals surface area contributed by atoms with Crippen LogP contribution in [-0.4, -0.2) is 63.4 Å². The van der Waals surface area contributed by atoms with Crippen molar-refractivity contribution < 1.29 is 14.4 Å². The molecule has 1 aromatic heterocycles. The van der Waals surface area contributed by atoms with Crippen LogP contribution in [0.15, 0.2) is 24.3 Å². The maximum Gasteiger partial charge on any atom is 0.324 e. The molecule has 1 N–H and O–H groups in total. The number of hydrogen-bond acceptors (Lipinski definition) is 4. The summed E-state index contributed by atoms with van der Waals surface area (Å²) in [6.07, 6.45) is 2.12. The number of hydrogen-bond donors (Lipinski definition) is 1. The Labute approximate surface area is 163 Å². The molecule has 28 heavy (non-hydrogen) atoms. The van der Waals surface area contributed by atoms with Gasteiger partial charge in [0.2, 0.25) is 11.8 Å². The number of aromatic nitrogens is 2. The Hall–Kier alpha value is -2.90. The molecule has 0 spiro atoms. The first-order valence-corrected chi connectivity index (χ1v) is 9.79. The highest BCUT2D eigenvalue weighted by Crippen LogP contribution is 2.23. The van der Waals surface area contributed by atoms with Gasteiger partial charge in [-0.15, -0.1) is 0 Å². The fraction of sp³-hybridized carbons (Fsp3) is 0.500. The van der Waals surface area contributed by atoms with Crippen molar-refractivity contribution in [3.63, 3.8) is 0 Å². The molecule has 0 aliphatic carbocycles. The number of rotatable bonds is 4. The van der Waals surface area contributed by atoms with Crippen molar-refractivity contribution in [3.8, 4) is 0 Å². The largest absolute Gasteiger partial charge is 0.341 e. The van der Waals surface area contributed by atoms with Crippen LogP contribution >= 0.6 is 0 Å². The molecule has 0 radical (unpaired) electrons. The fourth-order valence-electron chi connectivity index (χ4n) is 4.06. The highest BCUT2D eigenvalue weighted by atomic mass is 16.2. The molecule has 0 bridgehead atoms. The molecule has 2 aliphatic heterocycles. The predicted molar refractivity (Wildman–Crippen MR) is 104 cm³/mol. The number of amides is 4. The lowest BCUT2D eigenvalue weighted by molar-refractivity contribution is -0.134. The van der Waals surface area contributed by atoms with Gasteiger partial charge < -0.3 is 14.4 Å². The van der Waals surface area contributed by atoms with E-state index in [-0.39, 0.29) is 24.8 Å². The van der Waals surface area contributed by atoms with E-state index in [4.69, 9.17) is 0 Å². The standard InChI is InChI=1S/C20H25N5O3/c1-14-21-16-4-2-3-5-17(16)25(14)12-15-6-9-23(10-7-15)19(27)13-24-11-8-18(26)22-20(24)28/h2-5,15H,6-13H2,1H3,(H,22,26,28). The Morgan fingerprint density at radius 2 is 1.93 bits per heavy atom. The summed E-state index contributed by atoms with van der Waals surface area (Å²) < 4.78 is 2.27. The lowest BCUT2D eigenvalue weighted by Crippen LogP contribution is -2.53. The van der Waals surface area contributed by atoms with Gasteiger partial charge in [0, 0.05) is 32.6 Å². The van der Waals surface area contributed by atoms with E-state index in [1.165, 1.54) is 4.90 Å². The molecule has 2 aromatic rings. The van der Waals surface area contributed by atoms with Crippen LogP contribution < -0.4 is 5.32 Å². The molecule has 8 nitrogen and oxygen atoms in total. The summed E-state index contributed by atoms with van der Waals surface area (Å²) >= 11 is 0. The molecule has 148 valence electrons. The number of carbonyl (C=O) groups is 3. The monoisotopic (exact) mass is 383 g/mol. The van der Waals surface area contributed by atoms with Crippen molar-refractivity contribution in [2.24, 2.45) is 5.92 Å². The minimum atomic E-state index is -0.470. The van der Waals surface area contributed by atoms with Crippen molar-refractivity contribution in [3.05, 3.63) is 30.1 Å². The second-order valence-electron chi connectivity index (χ2n) is 7.61. The number of carbonyl (C=O) groups excluding carboxylic acids is 3. The Kier molecular flexibility index (Phi) is 5.02. The van der Waals surface area contributed by atoms with E-state index in [1.54, 1.807) is 0 Å². The van der Waals surface area contributed by atoms with Crippen LogP contribution in [0.5, 0.6) is 0 Å². The molecule has 2 saturated heterocycles. The van der Waals surface area contributed by atoms with Gasteiger partial charge in [0.15, 0.2) is 0 Å². The van der Waals surface area contributed by atoms with Crippen molar-refractivity contribution in [1.29, 1.82) is 0 Å². The zero-order valence-corrected chi connectivity index (χ0v) is 16.1. The third kappa shape index (κ3) is 3.72. The topological polar surface area (TPSA) is 87.5 Å². The molecule has 1 aromatic carbocycles. The zero-order valence-electron chi connectivity index (χ0n) is 16.1. The normalized spacial score (nSPS) is 18.6. The van der Waals surface area contributed by atoms with Gasteiger partial charge in [0.05, 0.1) is 11.0 Å². The van der Waals surface area contributed by atoms with Crippen LogP contribution in [-0.2, 0) is 16.1 Å².